The number of hydrogen-bond acceptors (Lipinski definition) is 4. The van der Waals surface area contributed by atoms with Gasteiger partial charge in [0.05, 0.1) is 12.9 Å². The second-order valence-electron chi connectivity index (χ2n) is 6.19. The lowest BCUT2D eigenvalue weighted by Gasteiger charge is -2.23. The highest BCUT2D eigenvalue weighted by atomic mass is 32.2. The molecular weight excluding hydrogens is 334 g/mol. The summed E-state index contributed by atoms with van der Waals surface area (Å²) in [6.07, 6.45) is 0.503. The number of para-hydroxylation sites is 1. The van der Waals surface area contributed by atoms with Crippen molar-refractivity contribution in [3.8, 4) is 0 Å². The van der Waals surface area contributed by atoms with Crippen LogP contribution >= 0.6 is 11.8 Å². The first-order chi connectivity index (χ1) is 12.0. The number of methoxy groups -OCH3 is 1. The summed E-state index contributed by atoms with van der Waals surface area (Å²) in [5.41, 5.74) is 4.13. The molecule has 0 saturated heterocycles. The number of benzene rings is 2. The van der Waals surface area contributed by atoms with Crippen LogP contribution in [0.4, 0.5) is 5.69 Å². The molecule has 2 aromatic carbocycles. The van der Waals surface area contributed by atoms with E-state index in [1.54, 1.807) is 4.90 Å². The topological polar surface area (TPSA) is 46.6 Å². The van der Waals surface area contributed by atoms with E-state index in [0.717, 1.165) is 21.7 Å². The van der Waals surface area contributed by atoms with Crippen molar-refractivity contribution < 1.29 is 14.3 Å². The number of fused-ring (bicyclic) bond motifs is 1. The first-order valence-electron chi connectivity index (χ1n) is 8.19. The average Bonchev–Trinajstić information content (AvgIpc) is 3.01. The summed E-state index contributed by atoms with van der Waals surface area (Å²) in [5.74, 6) is -0.167. The predicted molar refractivity (Wildman–Crippen MR) is 100 cm³/mol. The number of carbonyl (C=O) groups is 2. The number of rotatable bonds is 4. The highest BCUT2D eigenvalue weighted by Crippen LogP contribution is 2.34. The normalized spacial score (nSPS) is 15.8. The lowest BCUT2D eigenvalue weighted by molar-refractivity contribution is -0.143. The van der Waals surface area contributed by atoms with Gasteiger partial charge in [-0.25, -0.2) is 4.79 Å². The number of esters is 1. The van der Waals surface area contributed by atoms with E-state index in [1.165, 1.54) is 24.4 Å². The number of carbonyl (C=O) groups excluding carboxylic acids is 2. The minimum Gasteiger partial charge on any atom is -0.467 e. The van der Waals surface area contributed by atoms with Crippen molar-refractivity contribution in [3.05, 3.63) is 59.2 Å². The standard InChI is InChI=1S/C20H21NO3S/c1-13-8-9-14(2)18(10-13)25-12-19(22)21-16-7-5-4-6-15(16)11-17(21)20(23)24-3/h4-10,17H,11-12H2,1-3H3. The molecule has 1 amide bonds. The third-order valence-corrected chi connectivity index (χ3v) is 5.55. The molecule has 130 valence electrons. The van der Waals surface area contributed by atoms with Gasteiger partial charge in [0.1, 0.15) is 6.04 Å². The smallest absolute Gasteiger partial charge is 0.329 e. The molecule has 1 aliphatic rings. The maximum atomic E-state index is 12.9. The van der Waals surface area contributed by atoms with Gasteiger partial charge >= 0.3 is 5.97 Å². The molecule has 1 aliphatic heterocycles. The van der Waals surface area contributed by atoms with Crippen molar-refractivity contribution in [2.45, 2.75) is 31.2 Å². The molecule has 0 radical (unpaired) electrons. The van der Waals surface area contributed by atoms with Gasteiger partial charge in [-0.15, -0.1) is 11.8 Å². The number of amides is 1. The van der Waals surface area contributed by atoms with Gasteiger partial charge < -0.3 is 4.74 Å². The van der Waals surface area contributed by atoms with E-state index < -0.39 is 6.04 Å². The van der Waals surface area contributed by atoms with E-state index in [2.05, 4.69) is 18.2 Å². The first-order valence-corrected chi connectivity index (χ1v) is 9.17. The number of hydrogen-bond donors (Lipinski definition) is 0. The zero-order valence-corrected chi connectivity index (χ0v) is 15.4. The Kier molecular flexibility index (Phi) is 5.13. The Morgan fingerprint density at radius 2 is 1.96 bits per heavy atom. The minimum atomic E-state index is -0.575. The lowest BCUT2D eigenvalue weighted by Crippen LogP contribution is -2.44. The average molecular weight is 355 g/mol. The Morgan fingerprint density at radius 3 is 2.72 bits per heavy atom. The number of anilines is 1. The lowest BCUT2D eigenvalue weighted by atomic mass is 10.1. The SMILES string of the molecule is COC(=O)C1Cc2ccccc2N1C(=O)CSc1cc(C)ccc1C. The molecule has 2 aromatic rings. The highest BCUT2D eigenvalue weighted by molar-refractivity contribution is 8.00. The van der Waals surface area contributed by atoms with Crippen molar-refractivity contribution in [2.75, 3.05) is 17.8 Å². The summed E-state index contributed by atoms with van der Waals surface area (Å²) >= 11 is 1.51. The number of nitrogens with zero attached hydrogens (tertiary/aromatic N) is 1. The number of aryl methyl sites for hydroxylation is 2. The molecule has 0 fully saturated rings. The van der Waals surface area contributed by atoms with Crippen LogP contribution in [0.5, 0.6) is 0 Å². The van der Waals surface area contributed by atoms with Gasteiger partial charge in [-0.3, -0.25) is 9.69 Å². The second-order valence-corrected chi connectivity index (χ2v) is 7.21. The van der Waals surface area contributed by atoms with Gasteiger partial charge in [-0.05, 0) is 37.1 Å². The van der Waals surface area contributed by atoms with Crippen LogP contribution in [0.1, 0.15) is 16.7 Å². The Bertz CT molecular complexity index is 818. The van der Waals surface area contributed by atoms with E-state index in [0.29, 0.717) is 6.42 Å². The Morgan fingerprint density at radius 1 is 1.20 bits per heavy atom. The molecule has 3 rings (SSSR count). The Balaban J connectivity index is 1.81. The fourth-order valence-electron chi connectivity index (χ4n) is 3.09. The minimum absolute atomic E-state index is 0.0775. The van der Waals surface area contributed by atoms with Crippen LogP contribution in [0.3, 0.4) is 0 Å². The highest BCUT2D eigenvalue weighted by Gasteiger charge is 2.38. The molecule has 0 N–H and O–H groups in total. The summed E-state index contributed by atoms with van der Waals surface area (Å²) in [6, 6.07) is 13.3. The molecule has 5 heteroatoms. The fourth-order valence-corrected chi connectivity index (χ4v) is 4.07. The monoisotopic (exact) mass is 355 g/mol. The fraction of sp³-hybridized carbons (Fsp3) is 0.300. The van der Waals surface area contributed by atoms with Crippen LogP contribution in [-0.2, 0) is 20.7 Å². The van der Waals surface area contributed by atoms with Crippen LogP contribution < -0.4 is 4.90 Å². The summed E-state index contributed by atoms with van der Waals surface area (Å²) in [6.45, 7) is 4.07. The van der Waals surface area contributed by atoms with Crippen LogP contribution in [0.25, 0.3) is 0 Å². The summed E-state index contributed by atoms with van der Waals surface area (Å²) < 4.78 is 4.90. The third-order valence-electron chi connectivity index (χ3n) is 4.41. The molecule has 0 saturated carbocycles. The Labute approximate surface area is 152 Å². The molecule has 0 spiro atoms. The molecule has 1 heterocycles. The quantitative estimate of drug-likeness (QED) is 0.622. The van der Waals surface area contributed by atoms with Crippen LogP contribution in [0, 0.1) is 13.8 Å². The largest absolute Gasteiger partial charge is 0.467 e. The molecule has 0 aromatic heterocycles. The van der Waals surface area contributed by atoms with Crippen molar-refractivity contribution in [1.29, 1.82) is 0 Å². The van der Waals surface area contributed by atoms with Crippen molar-refractivity contribution in [1.82, 2.24) is 0 Å². The molecule has 1 unspecified atom stereocenters. The van der Waals surface area contributed by atoms with Crippen LogP contribution in [0.2, 0.25) is 0 Å². The summed E-state index contributed by atoms with van der Waals surface area (Å²) in [4.78, 5) is 27.7. The zero-order chi connectivity index (χ0) is 18.0. The number of ether oxygens (including phenoxy) is 1. The molecule has 0 bridgehead atoms. The van der Waals surface area contributed by atoms with Crippen molar-refractivity contribution >= 4 is 29.3 Å². The van der Waals surface area contributed by atoms with Gasteiger partial charge in [-0.1, -0.05) is 35.9 Å². The third kappa shape index (κ3) is 3.56. The van der Waals surface area contributed by atoms with E-state index in [1.807, 2.05) is 38.1 Å². The van der Waals surface area contributed by atoms with E-state index in [-0.39, 0.29) is 17.6 Å². The molecule has 25 heavy (non-hydrogen) atoms. The summed E-state index contributed by atoms with van der Waals surface area (Å²) in [5, 5.41) is 0. The van der Waals surface area contributed by atoms with Crippen LogP contribution in [0.15, 0.2) is 47.4 Å². The molecule has 1 atom stereocenters. The maximum Gasteiger partial charge on any atom is 0.329 e. The van der Waals surface area contributed by atoms with Gasteiger partial charge in [0.15, 0.2) is 0 Å². The Hall–Kier alpha value is -2.27. The van der Waals surface area contributed by atoms with Gasteiger partial charge in [0, 0.05) is 17.0 Å². The number of thioether (sulfide) groups is 1. The zero-order valence-electron chi connectivity index (χ0n) is 14.6. The molecule has 0 aliphatic carbocycles. The van der Waals surface area contributed by atoms with Gasteiger partial charge in [0.2, 0.25) is 5.91 Å². The summed E-state index contributed by atoms with van der Waals surface area (Å²) in [7, 11) is 1.36. The van der Waals surface area contributed by atoms with E-state index in [9.17, 15) is 9.59 Å². The predicted octanol–water partition coefficient (Wildman–Crippen LogP) is 3.53. The second kappa shape index (κ2) is 7.31. The van der Waals surface area contributed by atoms with E-state index in [4.69, 9.17) is 4.74 Å². The van der Waals surface area contributed by atoms with Gasteiger partial charge in [-0.2, -0.15) is 0 Å². The molecular formula is C20H21NO3S. The van der Waals surface area contributed by atoms with Gasteiger partial charge in [0.25, 0.3) is 0 Å². The van der Waals surface area contributed by atoms with Crippen molar-refractivity contribution in [3.63, 3.8) is 0 Å². The maximum absolute atomic E-state index is 12.9. The van der Waals surface area contributed by atoms with Crippen LogP contribution in [-0.4, -0.2) is 30.8 Å². The first kappa shape index (κ1) is 17.5. The van der Waals surface area contributed by atoms with Crippen molar-refractivity contribution in [2.24, 2.45) is 0 Å². The van der Waals surface area contributed by atoms with E-state index >= 15 is 0 Å². The molecule has 4 nitrogen and oxygen atoms in total.